The molecule has 10 heavy (non-hydrogen) atoms. The molecule has 2 nitrogen and oxygen atoms in total. The van der Waals surface area contributed by atoms with Gasteiger partial charge in [-0.25, -0.2) is 0 Å². The molecule has 0 N–H and O–H groups in total. The summed E-state index contributed by atoms with van der Waals surface area (Å²) < 4.78 is 5.05. The van der Waals surface area contributed by atoms with Crippen LogP contribution in [0.5, 0.6) is 0 Å². The van der Waals surface area contributed by atoms with Crippen molar-refractivity contribution in [3.8, 4) is 0 Å². The average Bonchev–Trinajstić information content (AvgIpc) is 2.24. The number of esters is 1. The number of ether oxygens (including phenoxy) is 1. The molecule has 0 amide bonds. The van der Waals surface area contributed by atoms with Gasteiger partial charge in [-0.1, -0.05) is 0 Å². The molecular formula is C8H12O2. The van der Waals surface area contributed by atoms with E-state index in [4.69, 9.17) is 4.74 Å². The van der Waals surface area contributed by atoms with Crippen LogP contribution in [-0.2, 0) is 9.53 Å². The third-order valence-electron chi connectivity index (χ3n) is 2.64. The zero-order chi connectivity index (χ0) is 6.97. The van der Waals surface area contributed by atoms with Crippen LogP contribution in [-0.4, -0.2) is 12.6 Å². The van der Waals surface area contributed by atoms with Gasteiger partial charge in [0.05, 0.1) is 12.5 Å². The molecule has 56 valence electrons. The first-order chi connectivity index (χ1) is 4.86. The van der Waals surface area contributed by atoms with E-state index in [-0.39, 0.29) is 11.9 Å². The fourth-order valence-corrected chi connectivity index (χ4v) is 1.88. The fourth-order valence-electron chi connectivity index (χ4n) is 1.88. The Kier molecular flexibility index (Phi) is 1.40. The Balaban J connectivity index is 2.14. The highest BCUT2D eigenvalue weighted by Gasteiger charge is 2.31. The summed E-state index contributed by atoms with van der Waals surface area (Å²) in [6, 6.07) is 0. The van der Waals surface area contributed by atoms with Crippen LogP contribution in [0.4, 0.5) is 0 Å². The predicted molar refractivity (Wildman–Crippen MR) is 36.4 cm³/mol. The highest BCUT2D eigenvalue weighted by molar-refractivity contribution is 5.72. The van der Waals surface area contributed by atoms with Crippen LogP contribution < -0.4 is 0 Å². The first-order valence-corrected chi connectivity index (χ1v) is 4.03. The van der Waals surface area contributed by atoms with Crippen molar-refractivity contribution in [2.75, 3.05) is 6.61 Å². The van der Waals surface area contributed by atoms with Crippen molar-refractivity contribution in [3.05, 3.63) is 0 Å². The Morgan fingerprint density at radius 3 is 2.60 bits per heavy atom. The molecule has 2 bridgehead atoms. The second-order valence-electron chi connectivity index (χ2n) is 3.35. The minimum absolute atomic E-state index is 0.0556. The summed E-state index contributed by atoms with van der Waals surface area (Å²) in [7, 11) is 0. The second kappa shape index (κ2) is 2.26. The Bertz CT molecular complexity index is 145. The monoisotopic (exact) mass is 140 g/mol. The molecule has 1 aliphatic carbocycles. The molecule has 0 radical (unpaired) electrons. The van der Waals surface area contributed by atoms with Crippen molar-refractivity contribution in [1.82, 2.24) is 0 Å². The number of carbonyl (C=O) groups is 1. The maximum atomic E-state index is 11.0. The molecule has 0 aromatic heterocycles. The van der Waals surface area contributed by atoms with E-state index in [2.05, 4.69) is 0 Å². The van der Waals surface area contributed by atoms with E-state index in [9.17, 15) is 4.79 Å². The molecule has 0 atom stereocenters. The van der Waals surface area contributed by atoms with Crippen LogP contribution in [0.25, 0.3) is 0 Å². The van der Waals surface area contributed by atoms with E-state index in [0.717, 1.165) is 12.8 Å². The van der Waals surface area contributed by atoms with E-state index in [1.807, 2.05) is 0 Å². The topological polar surface area (TPSA) is 26.3 Å². The van der Waals surface area contributed by atoms with E-state index in [1.165, 1.54) is 12.8 Å². The lowest BCUT2D eigenvalue weighted by atomic mass is 9.84. The summed E-state index contributed by atoms with van der Waals surface area (Å²) in [4.78, 5) is 11.0. The highest BCUT2D eigenvalue weighted by Crippen LogP contribution is 2.33. The average molecular weight is 140 g/mol. The van der Waals surface area contributed by atoms with Crippen LogP contribution in [0.1, 0.15) is 25.7 Å². The summed E-state index contributed by atoms with van der Waals surface area (Å²) in [5.74, 6) is 0.987. The van der Waals surface area contributed by atoms with Crippen LogP contribution >= 0.6 is 0 Å². The van der Waals surface area contributed by atoms with Gasteiger partial charge in [0.25, 0.3) is 0 Å². The van der Waals surface area contributed by atoms with Crippen molar-refractivity contribution >= 4 is 5.97 Å². The van der Waals surface area contributed by atoms with Crippen molar-refractivity contribution < 1.29 is 9.53 Å². The molecule has 2 saturated heterocycles. The molecule has 0 aromatic carbocycles. The summed E-state index contributed by atoms with van der Waals surface area (Å²) in [5.41, 5.74) is 0. The van der Waals surface area contributed by atoms with Crippen molar-refractivity contribution in [3.63, 3.8) is 0 Å². The Morgan fingerprint density at radius 2 is 1.90 bits per heavy atom. The van der Waals surface area contributed by atoms with E-state index in [0.29, 0.717) is 12.5 Å². The lowest BCUT2D eigenvalue weighted by Crippen LogP contribution is -2.15. The quantitative estimate of drug-likeness (QED) is 0.475. The minimum Gasteiger partial charge on any atom is -0.465 e. The van der Waals surface area contributed by atoms with E-state index in [1.54, 1.807) is 0 Å². The van der Waals surface area contributed by atoms with Gasteiger partial charge in [0, 0.05) is 0 Å². The first kappa shape index (κ1) is 6.20. The third kappa shape index (κ3) is 0.917. The lowest BCUT2D eigenvalue weighted by Gasteiger charge is -2.18. The normalized spacial score (nSPS) is 39.0. The van der Waals surface area contributed by atoms with Crippen LogP contribution in [0.3, 0.4) is 0 Å². The minimum atomic E-state index is 0.0556. The smallest absolute Gasteiger partial charge is 0.308 e. The standard InChI is InChI=1S/C8H12O2/c9-8-7-3-1-6(2-4-7)5-10-8/h6-7H,1-5H2. The van der Waals surface area contributed by atoms with Crippen LogP contribution in [0.2, 0.25) is 0 Å². The van der Waals surface area contributed by atoms with E-state index < -0.39 is 0 Å². The van der Waals surface area contributed by atoms with Crippen LogP contribution in [0.15, 0.2) is 0 Å². The van der Waals surface area contributed by atoms with Gasteiger partial charge in [-0.3, -0.25) is 4.79 Å². The van der Waals surface area contributed by atoms with Gasteiger partial charge in [0.1, 0.15) is 0 Å². The van der Waals surface area contributed by atoms with Gasteiger partial charge in [-0.2, -0.15) is 0 Å². The summed E-state index contributed by atoms with van der Waals surface area (Å²) in [6.45, 7) is 0.690. The Hall–Kier alpha value is -0.530. The van der Waals surface area contributed by atoms with Gasteiger partial charge >= 0.3 is 5.97 Å². The molecule has 2 aliphatic heterocycles. The predicted octanol–water partition coefficient (Wildman–Crippen LogP) is 1.35. The summed E-state index contributed by atoms with van der Waals surface area (Å²) >= 11 is 0. The zero-order valence-electron chi connectivity index (χ0n) is 6.01. The largest absolute Gasteiger partial charge is 0.465 e. The molecule has 2 heteroatoms. The molecule has 0 aromatic rings. The molecule has 3 aliphatic rings. The number of carbonyl (C=O) groups excluding carboxylic acids is 1. The summed E-state index contributed by atoms with van der Waals surface area (Å²) in [5, 5.41) is 0. The molecule has 1 saturated carbocycles. The molecular weight excluding hydrogens is 128 g/mol. The molecule has 0 unspecified atom stereocenters. The maximum absolute atomic E-state index is 11.0. The third-order valence-corrected chi connectivity index (χ3v) is 2.64. The molecule has 0 spiro atoms. The van der Waals surface area contributed by atoms with Crippen molar-refractivity contribution in [1.29, 1.82) is 0 Å². The van der Waals surface area contributed by atoms with Gasteiger partial charge in [-0.05, 0) is 31.6 Å². The zero-order valence-corrected chi connectivity index (χ0v) is 6.01. The SMILES string of the molecule is O=C1OCC2CCC1CC2. The Morgan fingerprint density at radius 1 is 1.20 bits per heavy atom. The molecule has 3 rings (SSSR count). The fraction of sp³-hybridized carbons (Fsp3) is 0.875. The van der Waals surface area contributed by atoms with Gasteiger partial charge in [0.15, 0.2) is 0 Å². The second-order valence-corrected chi connectivity index (χ2v) is 3.35. The maximum Gasteiger partial charge on any atom is 0.308 e. The first-order valence-electron chi connectivity index (χ1n) is 4.03. The van der Waals surface area contributed by atoms with Gasteiger partial charge in [0.2, 0.25) is 0 Å². The number of fused-ring (bicyclic) bond motifs is 4. The number of rotatable bonds is 0. The van der Waals surface area contributed by atoms with E-state index >= 15 is 0 Å². The highest BCUT2D eigenvalue weighted by atomic mass is 16.5. The van der Waals surface area contributed by atoms with Crippen molar-refractivity contribution in [2.45, 2.75) is 25.7 Å². The summed E-state index contributed by atoms with van der Waals surface area (Å²) in [6.07, 6.45) is 4.56. The van der Waals surface area contributed by atoms with Gasteiger partial charge < -0.3 is 4.74 Å². The van der Waals surface area contributed by atoms with Crippen molar-refractivity contribution in [2.24, 2.45) is 11.8 Å². The van der Waals surface area contributed by atoms with Gasteiger partial charge in [-0.15, -0.1) is 0 Å². The number of hydrogen-bond acceptors (Lipinski definition) is 2. The molecule has 2 heterocycles. The van der Waals surface area contributed by atoms with Crippen LogP contribution in [0, 0.1) is 11.8 Å². The Labute approximate surface area is 60.6 Å². The molecule has 3 fully saturated rings. The lowest BCUT2D eigenvalue weighted by molar-refractivity contribution is -0.146. The number of hydrogen-bond donors (Lipinski definition) is 0.